The van der Waals surface area contributed by atoms with Gasteiger partial charge in [0, 0.05) is 6.07 Å². The summed E-state index contributed by atoms with van der Waals surface area (Å²) in [7, 11) is 3.08. The van der Waals surface area contributed by atoms with Gasteiger partial charge in [0.25, 0.3) is 5.56 Å². The molecule has 0 unspecified atom stereocenters. The number of para-hydroxylation sites is 1. The number of aromatic nitrogens is 2. The van der Waals surface area contributed by atoms with Crippen molar-refractivity contribution < 1.29 is 9.47 Å². The van der Waals surface area contributed by atoms with Gasteiger partial charge in [-0.25, -0.2) is 15.4 Å². The van der Waals surface area contributed by atoms with Crippen LogP contribution in [0.3, 0.4) is 0 Å². The van der Waals surface area contributed by atoms with E-state index in [0.717, 1.165) is 0 Å². The second kappa shape index (κ2) is 5.98. The molecule has 1 heterocycles. The van der Waals surface area contributed by atoms with E-state index >= 15 is 0 Å². The first kappa shape index (κ1) is 14.9. The number of hydrogen-bond acceptors (Lipinski definition) is 6. The van der Waals surface area contributed by atoms with Crippen molar-refractivity contribution in [1.82, 2.24) is 9.55 Å². The molecule has 0 saturated heterocycles. The van der Waals surface area contributed by atoms with E-state index in [1.165, 1.54) is 11.7 Å². The highest BCUT2D eigenvalue weighted by atomic mass is 16.5. The Balaban J connectivity index is 2.40. The quantitative estimate of drug-likeness (QED) is 0.563. The van der Waals surface area contributed by atoms with Crippen LogP contribution in [0.25, 0.3) is 16.6 Å². The third-order valence-electron chi connectivity index (χ3n) is 3.53. The number of nitrogen functional groups attached to an aromatic ring is 1. The molecule has 0 aliphatic heterocycles. The molecular weight excluding hydrogens is 296 g/mol. The van der Waals surface area contributed by atoms with Gasteiger partial charge in [0.15, 0.2) is 0 Å². The molecule has 0 aliphatic carbocycles. The highest BCUT2D eigenvalue weighted by Gasteiger charge is 2.16. The Bertz CT molecular complexity index is 921. The summed E-state index contributed by atoms with van der Waals surface area (Å²) in [5, 5.41) is 0.483. The van der Waals surface area contributed by atoms with E-state index in [2.05, 4.69) is 10.4 Å². The van der Waals surface area contributed by atoms with Crippen LogP contribution in [0.5, 0.6) is 11.5 Å². The number of nitrogens with two attached hydrogens (primary N) is 1. The number of rotatable bonds is 4. The Morgan fingerprint density at radius 1 is 1.13 bits per heavy atom. The summed E-state index contributed by atoms with van der Waals surface area (Å²) in [5.74, 6) is 6.86. The van der Waals surface area contributed by atoms with Crippen molar-refractivity contribution in [1.29, 1.82) is 0 Å². The summed E-state index contributed by atoms with van der Waals surface area (Å²) >= 11 is 0. The molecule has 0 saturated carbocycles. The molecule has 0 aliphatic rings. The number of hydrazine groups is 1. The third kappa shape index (κ3) is 2.47. The van der Waals surface area contributed by atoms with E-state index in [9.17, 15) is 4.79 Å². The van der Waals surface area contributed by atoms with Crippen molar-refractivity contribution >= 4 is 16.9 Å². The smallest absolute Gasteiger partial charge is 0.267 e. The minimum atomic E-state index is -0.255. The fourth-order valence-electron chi connectivity index (χ4n) is 2.42. The lowest BCUT2D eigenvalue weighted by molar-refractivity contribution is 0.401. The van der Waals surface area contributed by atoms with Gasteiger partial charge in [-0.05, 0) is 24.3 Å². The van der Waals surface area contributed by atoms with Crippen LogP contribution in [-0.2, 0) is 0 Å². The monoisotopic (exact) mass is 312 g/mol. The van der Waals surface area contributed by atoms with Crippen molar-refractivity contribution in [3.63, 3.8) is 0 Å². The number of nitrogens with zero attached hydrogens (tertiary/aromatic N) is 2. The molecule has 0 atom stereocenters. The van der Waals surface area contributed by atoms with Crippen LogP contribution < -0.4 is 26.3 Å². The number of fused-ring (bicyclic) bond motifs is 1. The minimum Gasteiger partial charge on any atom is -0.497 e. The predicted molar refractivity (Wildman–Crippen MR) is 88.3 cm³/mol. The van der Waals surface area contributed by atoms with Crippen molar-refractivity contribution in [3.8, 4) is 17.2 Å². The Labute approximate surface area is 132 Å². The topological polar surface area (TPSA) is 91.4 Å². The lowest BCUT2D eigenvalue weighted by Crippen LogP contribution is -2.26. The fourth-order valence-corrected chi connectivity index (χ4v) is 2.42. The van der Waals surface area contributed by atoms with E-state index in [1.807, 2.05) is 6.07 Å². The van der Waals surface area contributed by atoms with Crippen LogP contribution in [0.2, 0.25) is 0 Å². The minimum absolute atomic E-state index is 0.209. The molecule has 0 bridgehead atoms. The number of benzene rings is 2. The van der Waals surface area contributed by atoms with Gasteiger partial charge in [-0.15, -0.1) is 0 Å². The van der Waals surface area contributed by atoms with E-state index < -0.39 is 0 Å². The van der Waals surface area contributed by atoms with Crippen LogP contribution in [0.4, 0.5) is 5.95 Å². The first-order chi connectivity index (χ1) is 11.2. The maximum atomic E-state index is 12.9. The van der Waals surface area contributed by atoms with E-state index in [0.29, 0.717) is 28.1 Å². The Kier molecular flexibility index (Phi) is 3.86. The van der Waals surface area contributed by atoms with Crippen LogP contribution in [0.1, 0.15) is 0 Å². The Hall–Kier alpha value is -3.06. The van der Waals surface area contributed by atoms with Gasteiger partial charge in [0.05, 0.1) is 30.8 Å². The van der Waals surface area contributed by atoms with Crippen molar-refractivity contribution in [3.05, 3.63) is 52.8 Å². The molecule has 3 N–H and O–H groups in total. The molecule has 23 heavy (non-hydrogen) atoms. The standard InChI is InChI=1S/C16H16N4O3/c1-22-10-7-8-14(23-2)13(9-10)20-15(21)11-5-3-4-6-12(11)18-16(20)19-17/h3-9H,17H2,1-2H3,(H,18,19). The molecule has 0 radical (unpaired) electrons. The van der Waals surface area contributed by atoms with E-state index in [1.54, 1.807) is 43.5 Å². The summed E-state index contributed by atoms with van der Waals surface area (Å²) in [4.78, 5) is 17.3. The number of methoxy groups -OCH3 is 2. The molecule has 118 valence electrons. The highest BCUT2D eigenvalue weighted by Crippen LogP contribution is 2.28. The number of nitrogens with one attached hydrogen (secondary N) is 1. The first-order valence-corrected chi connectivity index (χ1v) is 6.90. The molecule has 0 spiro atoms. The van der Waals surface area contributed by atoms with Gasteiger partial charge in [0.1, 0.15) is 11.5 Å². The largest absolute Gasteiger partial charge is 0.497 e. The SMILES string of the molecule is COc1ccc(OC)c(-n2c(NN)nc3ccccc3c2=O)c1. The number of hydrogen-bond donors (Lipinski definition) is 2. The maximum absolute atomic E-state index is 12.9. The summed E-state index contributed by atoms with van der Waals surface area (Å²) in [6.45, 7) is 0. The zero-order valence-corrected chi connectivity index (χ0v) is 12.7. The van der Waals surface area contributed by atoms with Gasteiger partial charge in [-0.2, -0.15) is 0 Å². The maximum Gasteiger partial charge on any atom is 0.267 e. The second-order valence-corrected chi connectivity index (χ2v) is 4.78. The normalized spacial score (nSPS) is 10.6. The molecule has 3 aromatic rings. The zero-order valence-electron chi connectivity index (χ0n) is 12.7. The first-order valence-electron chi connectivity index (χ1n) is 6.90. The van der Waals surface area contributed by atoms with Crippen LogP contribution in [0, 0.1) is 0 Å². The molecule has 3 rings (SSSR count). The van der Waals surface area contributed by atoms with Crippen molar-refractivity contribution in [2.75, 3.05) is 19.6 Å². The van der Waals surface area contributed by atoms with Gasteiger partial charge < -0.3 is 9.47 Å². The molecule has 7 nitrogen and oxygen atoms in total. The van der Waals surface area contributed by atoms with Crippen molar-refractivity contribution in [2.24, 2.45) is 5.84 Å². The van der Waals surface area contributed by atoms with E-state index in [4.69, 9.17) is 15.3 Å². The van der Waals surface area contributed by atoms with Gasteiger partial charge in [0.2, 0.25) is 5.95 Å². The van der Waals surface area contributed by atoms with Crippen LogP contribution >= 0.6 is 0 Å². The third-order valence-corrected chi connectivity index (χ3v) is 3.53. The van der Waals surface area contributed by atoms with Crippen LogP contribution in [-0.4, -0.2) is 23.8 Å². The van der Waals surface area contributed by atoms with E-state index in [-0.39, 0.29) is 11.5 Å². The molecule has 0 amide bonds. The van der Waals surface area contributed by atoms with Crippen LogP contribution in [0.15, 0.2) is 47.3 Å². The molecular formula is C16H16N4O3. The van der Waals surface area contributed by atoms with Gasteiger partial charge in [-0.3, -0.25) is 10.2 Å². The molecule has 0 fully saturated rings. The average molecular weight is 312 g/mol. The summed E-state index contributed by atoms with van der Waals surface area (Å²) in [6.07, 6.45) is 0. The van der Waals surface area contributed by atoms with Gasteiger partial charge in [-0.1, -0.05) is 12.1 Å². The fraction of sp³-hybridized carbons (Fsp3) is 0.125. The molecule has 2 aromatic carbocycles. The Morgan fingerprint density at radius 2 is 1.91 bits per heavy atom. The summed E-state index contributed by atoms with van der Waals surface area (Å²) in [6, 6.07) is 12.2. The summed E-state index contributed by atoms with van der Waals surface area (Å²) in [5.41, 5.74) is 3.26. The highest BCUT2D eigenvalue weighted by molar-refractivity contribution is 5.79. The molecule has 7 heteroatoms. The van der Waals surface area contributed by atoms with Crippen molar-refractivity contribution in [2.45, 2.75) is 0 Å². The zero-order chi connectivity index (χ0) is 16.4. The number of ether oxygens (including phenoxy) is 2. The lowest BCUT2D eigenvalue weighted by Gasteiger charge is -2.16. The van der Waals surface area contributed by atoms with Gasteiger partial charge >= 0.3 is 0 Å². The average Bonchev–Trinajstić information content (AvgIpc) is 2.61. The predicted octanol–water partition coefficient (Wildman–Crippen LogP) is 1.69. The second-order valence-electron chi connectivity index (χ2n) is 4.78. The lowest BCUT2D eigenvalue weighted by atomic mass is 10.2. The molecule has 1 aromatic heterocycles. The Morgan fingerprint density at radius 3 is 2.61 bits per heavy atom. The number of anilines is 1. The summed E-state index contributed by atoms with van der Waals surface area (Å²) < 4.78 is 12.0.